The quantitative estimate of drug-likeness (QED) is 0.584. The van der Waals surface area contributed by atoms with Gasteiger partial charge in [-0.15, -0.1) is 0 Å². The van der Waals surface area contributed by atoms with Crippen LogP contribution < -0.4 is 14.8 Å². The molecule has 0 spiro atoms. The largest absolute Gasteiger partial charge is 0.481 e. The summed E-state index contributed by atoms with van der Waals surface area (Å²) in [5.41, 5.74) is 1.20. The summed E-state index contributed by atoms with van der Waals surface area (Å²) in [7, 11) is 0. The summed E-state index contributed by atoms with van der Waals surface area (Å²) in [5.74, 6) is 1.57. The lowest BCUT2D eigenvalue weighted by molar-refractivity contribution is -0.122. The number of rotatable bonds is 7. The molecule has 0 unspecified atom stereocenters. The van der Waals surface area contributed by atoms with Crippen LogP contribution in [0.1, 0.15) is 24.2 Å². The fraction of sp³-hybridized carbons (Fsp3) is 0.130. The Kier molecular flexibility index (Phi) is 6.07. The van der Waals surface area contributed by atoms with E-state index in [0.717, 1.165) is 5.75 Å². The molecule has 0 bridgehead atoms. The Morgan fingerprint density at radius 3 is 2.14 bits per heavy atom. The van der Waals surface area contributed by atoms with Crippen LogP contribution in [0.2, 0.25) is 0 Å². The van der Waals surface area contributed by atoms with Crippen LogP contribution in [0.15, 0.2) is 78.9 Å². The van der Waals surface area contributed by atoms with Crippen molar-refractivity contribution in [3.05, 3.63) is 84.4 Å². The molecule has 142 valence electrons. The number of carbonyl (C=O) groups is 2. The molecule has 0 saturated carbocycles. The van der Waals surface area contributed by atoms with Crippen molar-refractivity contribution in [2.24, 2.45) is 0 Å². The second-order valence-electron chi connectivity index (χ2n) is 6.27. The predicted molar refractivity (Wildman–Crippen MR) is 108 cm³/mol. The van der Waals surface area contributed by atoms with E-state index in [1.54, 1.807) is 49.4 Å². The number of hydrogen-bond donors (Lipinski definition) is 1. The van der Waals surface area contributed by atoms with E-state index in [-0.39, 0.29) is 11.7 Å². The van der Waals surface area contributed by atoms with Crippen molar-refractivity contribution in [3.63, 3.8) is 0 Å². The van der Waals surface area contributed by atoms with Gasteiger partial charge in [0.15, 0.2) is 11.9 Å². The second kappa shape index (κ2) is 8.86. The predicted octanol–water partition coefficient (Wildman–Crippen LogP) is 5.09. The molecule has 0 aliphatic rings. The monoisotopic (exact) mass is 375 g/mol. The SMILES string of the molecule is CC(=O)c1ccc(NC(=O)[C@H](C)Oc2cccc(Oc3ccccc3)c2)cc1. The number of benzene rings is 3. The zero-order valence-electron chi connectivity index (χ0n) is 15.7. The summed E-state index contributed by atoms with van der Waals surface area (Å²) in [6.07, 6.45) is -0.709. The zero-order chi connectivity index (χ0) is 19.9. The van der Waals surface area contributed by atoms with Crippen LogP contribution in [-0.4, -0.2) is 17.8 Å². The van der Waals surface area contributed by atoms with Crippen molar-refractivity contribution in [1.29, 1.82) is 0 Å². The number of Topliss-reactive ketones (excluding diaryl/α,β-unsaturated/α-hetero) is 1. The average molecular weight is 375 g/mol. The van der Waals surface area contributed by atoms with Gasteiger partial charge in [0.1, 0.15) is 17.2 Å². The second-order valence-corrected chi connectivity index (χ2v) is 6.27. The van der Waals surface area contributed by atoms with E-state index in [2.05, 4.69) is 5.32 Å². The molecule has 3 aromatic rings. The number of amides is 1. The van der Waals surface area contributed by atoms with Crippen molar-refractivity contribution in [2.75, 3.05) is 5.32 Å². The lowest BCUT2D eigenvalue weighted by Gasteiger charge is -2.15. The summed E-state index contributed by atoms with van der Waals surface area (Å²) in [6, 6.07) is 23.3. The number of carbonyl (C=O) groups excluding carboxylic acids is 2. The van der Waals surface area contributed by atoms with E-state index in [0.29, 0.717) is 22.7 Å². The number of nitrogens with one attached hydrogen (secondary N) is 1. The summed E-state index contributed by atoms with van der Waals surface area (Å²) >= 11 is 0. The van der Waals surface area contributed by atoms with Gasteiger partial charge in [-0.25, -0.2) is 0 Å². The van der Waals surface area contributed by atoms with E-state index >= 15 is 0 Å². The van der Waals surface area contributed by atoms with E-state index < -0.39 is 6.10 Å². The Bertz CT molecular complexity index is 952. The van der Waals surface area contributed by atoms with Crippen molar-refractivity contribution in [2.45, 2.75) is 20.0 Å². The maximum absolute atomic E-state index is 12.4. The van der Waals surface area contributed by atoms with Crippen LogP contribution in [0.25, 0.3) is 0 Å². The van der Waals surface area contributed by atoms with Crippen molar-refractivity contribution < 1.29 is 19.1 Å². The molecular formula is C23H21NO4. The van der Waals surface area contributed by atoms with Crippen LogP contribution in [0.3, 0.4) is 0 Å². The molecule has 5 heteroatoms. The van der Waals surface area contributed by atoms with Crippen LogP contribution in [0.5, 0.6) is 17.2 Å². The van der Waals surface area contributed by atoms with Crippen molar-refractivity contribution in [3.8, 4) is 17.2 Å². The smallest absolute Gasteiger partial charge is 0.265 e. The molecule has 1 N–H and O–H groups in total. The van der Waals surface area contributed by atoms with Crippen LogP contribution in [0.4, 0.5) is 5.69 Å². The molecule has 0 fully saturated rings. The first-order chi connectivity index (χ1) is 13.5. The molecule has 0 radical (unpaired) electrons. The third-order valence-corrected chi connectivity index (χ3v) is 4.03. The lowest BCUT2D eigenvalue weighted by Crippen LogP contribution is -2.30. The molecule has 0 aromatic heterocycles. The minimum atomic E-state index is -0.709. The zero-order valence-corrected chi connectivity index (χ0v) is 15.7. The third-order valence-electron chi connectivity index (χ3n) is 4.03. The van der Waals surface area contributed by atoms with Crippen molar-refractivity contribution >= 4 is 17.4 Å². The topological polar surface area (TPSA) is 64.6 Å². The third kappa shape index (κ3) is 5.20. The Morgan fingerprint density at radius 2 is 1.46 bits per heavy atom. The Balaban J connectivity index is 1.60. The van der Waals surface area contributed by atoms with E-state index in [1.807, 2.05) is 36.4 Å². The van der Waals surface area contributed by atoms with Gasteiger partial charge in [-0.2, -0.15) is 0 Å². The van der Waals surface area contributed by atoms with Gasteiger partial charge in [0, 0.05) is 17.3 Å². The fourth-order valence-corrected chi connectivity index (χ4v) is 2.53. The van der Waals surface area contributed by atoms with Crippen LogP contribution >= 0.6 is 0 Å². The number of hydrogen-bond acceptors (Lipinski definition) is 4. The lowest BCUT2D eigenvalue weighted by atomic mass is 10.1. The maximum atomic E-state index is 12.4. The number of ketones is 1. The molecule has 0 heterocycles. The molecule has 1 atom stereocenters. The molecule has 0 saturated heterocycles. The number of anilines is 1. The first-order valence-corrected chi connectivity index (χ1v) is 8.93. The molecular weight excluding hydrogens is 354 g/mol. The van der Waals surface area contributed by atoms with Gasteiger partial charge in [0.25, 0.3) is 5.91 Å². The van der Waals surface area contributed by atoms with E-state index in [4.69, 9.17) is 9.47 Å². The Morgan fingerprint density at radius 1 is 0.821 bits per heavy atom. The maximum Gasteiger partial charge on any atom is 0.265 e. The molecule has 0 aliphatic carbocycles. The van der Waals surface area contributed by atoms with E-state index in [1.165, 1.54) is 6.92 Å². The van der Waals surface area contributed by atoms with Gasteiger partial charge < -0.3 is 14.8 Å². The van der Waals surface area contributed by atoms with Gasteiger partial charge in [-0.3, -0.25) is 9.59 Å². The van der Waals surface area contributed by atoms with E-state index in [9.17, 15) is 9.59 Å². The Hall–Kier alpha value is -3.60. The standard InChI is InChI=1S/C23H21NO4/c1-16(25)18-11-13-19(14-12-18)24-23(26)17(2)27-21-9-6-10-22(15-21)28-20-7-4-3-5-8-20/h3-15,17H,1-2H3,(H,24,26)/t17-/m0/s1. The minimum Gasteiger partial charge on any atom is -0.481 e. The summed E-state index contributed by atoms with van der Waals surface area (Å²) in [5, 5.41) is 2.78. The minimum absolute atomic E-state index is 0.0211. The molecule has 0 aliphatic heterocycles. The van der Waals surface area contributed by atoms with Gasteiger partial charge >= 0.3 is 0 Å². The highest BCUT2D eigenvalue weighted by Gasteiger charge is 2.15. The molecule has 5 nitrogen and oxygen atoms in total. The first-order valence-electron chi connectivity index (χ1n) is 8.93. The summed E-state index contributed by atoms with van der Waals surface area (Å²) in [6.45, 7) is 3.17. The van der Waals surface area contributed by atoms with Gasteiger partial charge in [-0.1, -0.05) is 24.3 Å². The molecule has 3 rings (SSSR count). The van der Waals surface area contributed by atoms with Crippen LogP contribution in [-0.2, 0) is 4.79 Å². The van der Waals surface area contributed by atoms with Crippen molar-refractivity contribution in [1.82, 2.24) is 0 Å². The van der Waals surface area contributed by atoms with Gasteiger partial charge in [0.2, 0.25) is 0 Å². The Labute approximate surface area is 163 Å². The molecule has 3 aromatic carbocycles. The number of ether oxygens (including phenoxy) is 2. The summed E-state index contributed by atoms with van der Waals surface area (Å²) < 4.78 is 11.5. The average Bonchev–Trinajstić information content (AvgIpc) is 2.69. The number of para-hydroxylation sites is 1. The normalized spacial score (nSPS) is 11.4. The molecule has 28 heavy (non-hydrogen) atoms. The fourth-order valence-electron chi connectivity index (χ4n) is 2.53. The highest BCUT2D eigenvalue weighted by atomic mass is 16.5. The molecule has 1 amide bonds. The first kappa shape index (κ1) is 19.2. The van der Waals surface area contributed by atoms with Gasteiger partial charge in [0.05, 0.1) is 0 Å². The summed E-state index contributed by atoms with van der Waals surface area (Å²) in [4.78, 5) is 23.7. The van der Waals surface area contributed by atoms with Gasteiger partial charge in [-0.05, 0) is 62.4 Å². The highest BCUT2D eigenvalue weighted by Crippen LogP contribution is 2.25. The van der Waals surface area contributed by atoms with Crippen LogP contribution in [0, 0.1) is 0 Å². The highest BCUT2D eigenvalue weighted by molar-refractivity contribution is 5.96.